The fourth-order valence-electron chi connectivity index (χ4n) is 3.55. The van der Waals surface area contributed by atoms with Crippen LogP contribution in [0.4, 0.5) is 16.2 Å². The van der Waals surface area contributed by atoms with Gasteiger partial charge < -0.3 is 20.1 Å². The van der Waals surface area contributed by atoms with Crippen LogP contribution in [0.25, 0.3) is 6.08 Å². The predicted octanol–water partition coefficient (Wildman–Crippen LogP) is 3.71. The Balaban J connectivity index is 1.36. The minimum atomic E-state index is -0.705. The third-order valence-electron chi connectivity index (χ3n) is 5.36. The monoisotopic (exact) mass is 502 g/mol. The second kappa shape index (κ2) is 11.0. The normalized spacial score (nSPS) is 13.9. The van der Waals surface area contributed by atoms with Crippen LogP contribution in [-0.4, -0.2) is 41.3 Å². The molecule has 188 valence electrons. The molecule has 4 amide bonds. The summed E-state index contributed by atoms with van der Waals surface area (Å²) < 4.78 is 10.9. The molecule has 37 heavy (non-hydrogen) atoms. The first-order valence-corrected chi connectivity index (χ1v) is 11.1. The molecule has 0 atom stereocenters. The van der Waals surface area contributed by atoms with Gasteiger partial charge in [0.2, 0.25) is 5.91 Å². The molecule has 0 aliphatic carbocycles. The van der Waals surface area contributed by atoms with Gasteiger partial charge in [0, 0.05) is 12.1 Å². The first-order chi connectivity index (χ1) is 17.8. The van der Waals surface area contributed by atoms with Crippen molar-refractivity contribution in [3.8, 4) is 11.5 Å². The zero-order valence-electron chi connectivity index (χ0n) is 19.7. The third-order valence-corrected chi connectivity index (χ3v) is 5.36. The molecule has 0 radical (unpaired) electrons. The number of carbonyl (C=O) groups excluding carboxylic acids is 3. The zero-order valence-corrected chi connectivity index (χ0v) is 19.7. The second-order valence-electron chi connectivity index (χ2n) is 7.91. The third kappa shape index (κ3) is 6.09. The first-order valence-electron chi connectivity index (χ1n) is 11.1. The molecular weight excluding hydrogens is 480 g/mol. The van der Waals surface area contributed by atoms with Gasteiger partial charge in [0.25, 0.3) is 11.6 Å². The van der Waals surface area contributed by atoms with Crippen molar-refractivity contribution < 1.29 is 28.8 Å². The van der Waals surface area contributed by atoms with E-state index < -0.39 is 29.3 Å². The summed E-state index contributed by atoms with van der Waals surface area (Å²) in [7, 11) is 1.47. The molecule has 11 nitrogen and oxygen atoms in total. The molecule has 0 unspecified atom stereocenters. The maximum Gasteiger partial charge on any atom is 0.329 e. The average Bonchev–Trinajstić information content (AvgIpc) is 3.16. The van der Waals surface area contributed by atoms with Gasteiger partial charge in [-0.3, -0.25) is 19.7 Å². The number of amides is 4. The van der Waals surface area contributed by atoms with E-state index in [4.69, 9.17) is 9.47 Å². The van der Waals surface area contributed by atoms with Crippen molar-refractivity contribution in [1.29, 1.82) is 0 Å². The molecule has 4 rings (SSSR count). The van der Waals surface area contributed by atoms with Crippen LogP contribution < -0.4 is 20.1 Å². The molecule has 0 saturated carbocycles. The van der Waals surface area contributed by atoms with Crippen molar-refractivity contribution in [3.05, 3.63) is 99.7 Å². The Bertz CT molecular complexity index is 1390. The number of nitro groups is 1. The minimum Gasteiger partial charge on any atom is -0.495 e. The molecule has 2 N–H and O–H groups in total. The zero-order chi connectivity index (χ0) is 26.4. The van der Waals surface area contributed by atoms with Gasteiger partial charge in [0.05, 0.1) is 17.7 Å². The smallest absolute Gasteiger partial charge is 0.329 e. The molecule has 1 saturated heterocycles. The SMILES string of the molecule is COc1ccccc1NC(=O)CN1C(=O)N/C(=C/c2ccc(OCc3cccc([N+](=O)[O-])c3)cc2)C1=O. The topological polar surface area (TPSA) is 140 Å². The van der Waals surface area contributed by atoms with Crippen LogP contribution in [0.5, 0.6) is 11.5 Å². The Labute approximate surface area is 211 Å². The highest BCUT2D eigenvalue weighted by atomic mass is 16.6. The number of ether oxygens (including phenoxy) is 2. The number of rotatable bonds is 9. The summed E-state index contributed by atoms with van der Waals surface area (Å²) in [6.07, 6.45) is 1.49. The Kier molecular flexibility index (Phi) is 7.43. The number of imide groups is 1. The molecule has 0 spiro atoms. The molecule has 1 heterocycles. The van der Waals surface area contributed by atoms with Gasteiger partial charge in [0.1, 0.15) is 30.3 Å². The lowest BCUT2D eigenvalue weighted by Crippen LogP contribution is -2.38. The fourth-order valence-corrected chi connectivity index (χ4v) is 3.55. The molecule has 0 bridgehead atoms. The molecular formula is C26H22N4O7. The molecule has 1 aliphatic rings. The Morgan fingerprint density at radius 1 is 1.08 bits per heavy atom. The number of anilines is 1. The van der Waals surface area contributed by atoms with E-state index in [9.17, 15) is 24.5 Å². The number of nitrogens with one attached hydrogen (secondary N) is 2. The highest BCUT2D eigenvalue weighted by Crippen LogP contribution is 2.23. The maximum atomic E-state index is 12.7. The lowest BCUT2D eigenvalue weighted by molar-refractivity contribution is -0.384. The van der Waals surface area contributed by atoms with Crippen LogP contribution in [0.1, 0.15) is 11.1 Å². The number of hydrogen-bond donors (Lipinski definition) is 2. The van der Waals surface area contributed by atoms with Gasteiger partial charge in [-0.15, -0.1) is 0 Å². The standard InChI is InChI=1S/C26H22N4O7/c1-36-23-8-3-2-7-21(23)27-24(31)15-29-25(32)22(28-26(29)33)14-17-9-11-20(12-10-17)37-16-18-5-4-6-19(13-18)30(34)35/h2-14H,15-16H2,1H3,(H,27,31)(H,28,33)/b22-14+. The van der Waals surface area contributed by atoms with E-state index in [0.717, 1.165) is 4.90 Å². The van der Waals surface area contributed by atoms with E-state index in [1.54, 1.807) is 60.7 Å². The summed E-state index contributed by atoms with van der Waals surface area (Å²) >= 11 is 0. The van der Waals surface area contributed by atoms with Crippen molar-refractivity contribution in [2.75, 3.05) is 19.0 Å². The average molecular weight is 502 g/mol. The highest BCUT2D eigenvalue weighted by molar-refractivity contribution is 6.16. The lowest BCUT2D eigenvalue weighted by Gasteiger charge is -2.13. The van der Waals surface area contributed by atoms with Crippen molar-refractivity contribution >= 4 is 35.3 Å². The van der Waals surface area contributed by atoms with E-state index in [2.05, 4.69) is 10.6 Å². The Morgan fingerprint density at radius 2 is 1.84 bits per heavy atom. The van der Waals surface area contributed by atoms with Crippen LogP contribution >= 0.6 is 0 Å². The Morgan fingerprint density at radius 3 is 2.57 bits per heavy atom. The summed E-state index contributed by atoms with van der Waals surface area (Å²) in [6.45, 7) is -0.326. The molecule has 11 heteroatoms. The summed E-state index contributed by atoms with van der Waals surface area (Å²) in [4.78, 5) is 48.7. The highest BCUT2D eigenvalue weighted by Gasteiger charge is 2.35. The number of hydrogen-bond acceptors (Lipinski definition) is 7. The quantitative estimate of drug-likeness (QED) is 0.197. The molecule has 0 aromatic heterocycles. The van der Waals surface area contributed by atoms with E-state index >= 15 is 0 Å². The van der Waals surface area contributed by atoms with Crippen molar-refractivity contribution in [2.45, 2.75) is 6.61 Å². The molecule has 1 aliphatic heterocycles. The van der Waals surface area contributed by atoms with E-state index in [1.165, 1.54) is 25.3 Å². The number of urea groups is 1. The number of nitrogens with zero attached hydrogens (tertiary/aromatic N) is 2. The number of carbonyl (C=O) groups is 3. The number of benzene rings is 3. The van der Waals surface area contributed by atoms with Crippen molar-refractivity contribution in [3.63, 3.8) is 0 Å². The maximum absolute atomic E-state index is 12.7. The van der Waals surface area contributed by atoms with E-state index in [0.29, 0.717) is 28.3 Å². The summed E-state index contributed by atoms with van der Waals surface area (Å²) in [5.41, 5.74) is 1.70. The Hall–Kier alpha value is -5.19. The first kappa shape index (κ1) is 24.9. The van der Waals surface area contributed by atoms with Gasteiger partial charge in [0.15, 0.2) is 0 Å². The van der Waals surface area contributed by atoms with Gasteiger partial charge in [-0.2, -0.15) is 0 Å². The van der Waals surface area contributed by atoms with Crippen LogP contribution in [0.3, 0.4) is 0 Å². The predicted molar refractivity (Wildman–Crippen MR) is 134 cm³/mol. The van der Waals surface area contributed by atoms with Gasteiger partial charge in [-0.05, 0) is 41.5 Å². The van der Waals surface area contributed by atoms with E-state index in [1.807, 2.05) is 0 Å². The molecule has 3 aromatic rings. The summed E-state index contributed by atoms with van der Waals surface area (Å²) in [6, 6.07) is 19.0. The van der Waals surface area contributed by atoms with Gasteiger partial charge >= 0.3 is 6.03 Å². The largest absolute Gasteiger partial charge is 0.495 e. The van der Waals surface area contributed by atoms with Crippen LogP contribution in [0.15, 0.2) is 78.5 Å². The van der Waals surface area contributed by atoms with E-state index in [-0.39, 0.29) is 18.0 Å². The number of methoxy groups -OCH3 is 1. The summed E-state index contributed by atoms with van der Waals surface area (Å²) in [5, 5.41) is 16.0. The van der Waals surface area contributed by atoms with Crippen LogP contribution in [-0.2, 0) is 16.2 Å². The molecule has 3 aromatic carbocycles. The van der Waals surface area contributed by atoms with Crippen LogP contribution in [0, 0.1) is 10.1 Å². The number of nitro benzene ring substituents is 1. The molecule has 1 fully saturated rings. The summed E-state index contributed by atoms with van der Waals surface area (Å²) in [5.74, 6) is -0.220. The van der Waals surface area contributed by atoms with Gasteiger partial charge in [-0.1, -0.05) is 36.4 Å². The fraction of sp³-hybridized carbons (Fsp3) is 0.115. The number of para-hydroxylation sites is 2. The van der Waals surface area contributed by atoms with Crippen LogP contribution in [0.2, 0.25) is 0 Å². The second-order valence-corrected chi connectivity index (χ2v) is 7.91. The van der Waals surface area contributed by atoms with Crippen molar-refractivity contribution in [2.24, 2.45) is 0 Å². The lowest BCUT2D eigenvalue weighted by atomic mass is 10.2. The number of non-ortho nitro benzene ring substituents is 1. The van der Waals surface area contributed by atoms with Crippen molar-refractivity contribution in [1.82, 2.24) is 10.2 Å². The van der Waals surface area contributed by atoms with Gasteiger partial charge in [-0.25, -0.2) is 9.69 Å². The minimum absolute atomic E-state index is 0.0160.